The van der Waals surface area contributed by atoms with Crippen molar-refractivity contribution in [2.75, 3.05) is 27.3 Å². The molecule has 0 aliphatic carbocycles. The van der Waals surface area contributed by atoms with Gasteiger partial charge in [-0.05, 0) is 32.5 Å². The summed E-state index contributed by atoms with van der Waals surface area (Å²) in [6.07, 6.45) is 4.83. The highest BCUT2D eigenvalue weighted by molar-refractivity contribution is 6.32. The summed E-state index contributed by atoms with van der Waals surface area (Å²) in [4.78, 5) is 0. The van der Waals surface area contributed by atoms with Gasteiger partial charge in [0.2, 0.25) is 0 Å². The van der Waals surface area contributed by atoms with Crippen molar-refractivity contribution >= 4 is 17.2 Å². The molecule has 0 atom stereocenters. The average Bonchev–Trinajstić information content (AvgIpc) is 2.68. The summed E-state index contributed by atoms with van der Waals surface area (Å²) >= 11 is 6.15. The summed E-state index contributed by atoms with van der Waals surface area (Å²) in [5, 5.41) is 8.06. The quantitative estimate of drug-likeness (QED) is 0.761. The minimum absolute atomic E-state index is 0.634. The minimum atomic E-state index is 0.634. The van der Waals surface area contributed by atoms with Gasteiger partial charge in [0, 0.05) is 7.11 Å². The van der Waals surface area contributed by atoms with Gasteiger partial charge in [-0.25, -0.2) is 0 Å². The number of hydrogen-bond donors (Lipinski definition) is 1. The fourth-order valence-corrected chi connectivity index (χ4v) is 1.92. The molecule has 0 amide bonds. The van der Waals surface area contributed by atoms with Crippen LogP contribution in [0.4, 0.5) is 0 Å². The van der Waals surface area contributed by atoms with Crippen LogP contribution in [-0.2, 0) is 11.3 Å². The molecule has 96 valence electrons. The fourth-order valence-electron chi connectivity index (χ4n) is 1.63. The van der Waals surface area contributed by atoms with Crippen LogP contribution in [0.5, 0.6) is 0 Å². The molecule has 4 nitrogen and oxygen atoms in total. The van der Waals surface area contributed by atoms with E-state index < -0.39 is 0 Å². The fraction of sp³-hybridized carbons (Fsp3) is 0.583. The Morgan fingerprint density at radius 1 is 1.65 bits per heavy atom. The van der Waals surface area contributed by atoms with Crippen LogP contribution in [0, 0.1) is 0 Å². The van der Waals surface area contributed by atoms with Gasteiger partial charge in [-0.3, -0.25) is 4.68 Å². The van der Waals surface area contributed by atoms with Gasteiger partial charge in [-0.1, -0.05) is 17.7 Å². The number of nitrogens with zero attached hydrogens (tertiary/aromatic N) is 2. The van der Waals surface area contributed by atoms with Crippen molar-refractivity contribution in [3.05, 3.63) is 23.0 Å². The Kier molecular flexibility index (Phi) is 6.26. The zero-order valence-electron chi connectivity index (χ0n) is 10.7. The van der Waals surface area contributed by atoms with Gasteiger partial charge < -0.3 is 10.1 Å². The number of nitrogens with one attached hydrogen (secondary N) is 1. The molecule has 1 N–H and O–H groups in total. The van der Waals surface area contributed by atoms with Crippen LogP contribution in [0.3, 0.4) is 0 Å². The highest BCUT2D eigenvalue weighted by atomic mass is 35.5. The van der Waals surface area contributed by atoms with Crippen LogP contribution in [-0.4, -0.2) is 37.1 Å². The Balaban J connectivity index is 2.79. The topological polar surface area (TPSA) is 39.1 Å². The summed E-state index contributed by atoms with van der Waals surface area (Å²) in [5.41, 5.74) is 2.14. The van der Waals surface area contributed by atoms with E-state index in [2.05, 4.69) is 23.4 Å². The maximum absolute atomic E-state index is 6.15. The molecule has 1 heterocycles. The monoisotopic (exact) mass is 257 g/mol. The van der Waals surface area contributed by atoms with Crippen LogP contribution in [0.25, 0.3) is 5.57 Å². The second-order valence-electron chi connectivity index (χ2n) is 3.84. The first kappa shape index (κ1) is 14.2. The van der Waals surface area contributed by atoms with Gasteiger partial charge in [-0.2, -0.15) is 5.10 Å². The van der Waals surface area contributed by atoms with E-state index in [0.29, 0.717) is 11.6 Å². The molecule has 0 aromatic carbocycles. The number of rotatable bonds is 7. The normalized spacial score (nSPS) is 12.1. The van der Waals surface area contributed by atoms with Gasteiger partial charge in [0.05, 0.1) is 30.1 Å². The molecule has 0 spiro atoms. The first-order valence-corrected chi connectivity index (χ1v) is 6.10. The maximum Gasteiger partial charge on any atom is 0.0862 e. The Hall–Kier alpha value is -0.840. The van der Waals surface area contributed by atoms with Crippen molar-refractivity contribution in [2.24, 2.45) is 0 Å². The number of aromatic nitrogens is 2. The number of methoxy groups -OCH3 is 1. The smallest absolute Gasteiger partial charge is 0.0862 e. The molecule has 0 saturated heterocycles. The molecule has 5 heteroatoms. The van der Waals surface area contributed by atoms with Gasteiger partial charge in [0.25, 0.3) is 0 Å². The van der Waals surface area contributed by atoms with Gasteiger partial charge in [0.1, 0.15) is 0 Å². The average molecular weight is 258 g/mol. The highest BCUT2D eigenvalue weighted by Gasteiger charge is 2.10. The molecule has 0 bridgehead atoms. The molecule has 0 radical (unpaired) electrons. The maximum atomic E-state index is 6.15. The molecule has 1 aromatic heterocycles. The lowest BCUT2D eigenvalue weighted by Gasteiger charge is -2.08. The summed E-state index contributed by atoms with van der Waals surface area (Å²) in [5.74, 6) is 0. The number of ether oxygens (including phenoxy) is 1. The summed E-state index contributed by atoms with van der Waals surface area (Å²) in [7, 11) is 3.62. The third kappa shape index (κ3) is 4.15. The molecular formula is C12H20ClN3O. The predicted molar refractivity (Wildman–Crippen MR) is 71.3 cm³/mol. The van der Waals surface area contributed by atoms with Crippen molar-refractivity contribution in [1.82, 2.24) is 15.1 Å². The lowest BCUT2D eigenvalue weighted by molar-refractivity contribution is 0.183. The number of allylic oxidation sites excluding steroid dienone is 1. The molecule has 0 aliphatic rings. The first-order chi connectivity index (χ1) is 8.20. The molecule has 0 aliphatic heterocycles. The minimum Gasteiger partial charge on any atom is -0.383 e. The van der Waals surface area contributed by atoms with Gasteiger partial charge >= 0.3 is 0 Å². The van der Waals surface area contributed by atoms with Crippen LogP contribution in [0.2, 0.25) is 5.02 Å². The Bertz CT molecular complexity index is 374. The van der Waals surface area contributed by atoms with E-state index in [4.69, 9.17) is 16.3 Å². The van der Waals surface area contributed by atoms with E-state index in [-0.39, 0.29) is 0 Å². The van der Waals surface area contributed by atoms with Crippen molar-refractivity contribution < 1.29 is 4.74 Å². The predicted octanol–water partition coefficient (Wildman–Crippen LogP) is 2.20. The molecular weight excluding hydrogens is 238 g/mol. The standard InChI is InChI=1S/C12H20ClN3O/c1-10(5-4-6-14-2)12-11(13)9-15-16(12)7-8-17-3/h5,9,14H,4,6-8H2,1-3H3/b10-5-. The van der Waals surface area contributed by atoms with Crippen LogP contribution in [0.1, 0.15) is 19.0 Å². The van der Waals surface area contributed by atoms with Crippen LogP contribution < -0.4 is 5.32 Å². The lowest BCUT2D eigenvalue weighted by Crippen LogP contribution is -2.09. The van der Waals surface area contributed by atoms with Crippen molar-refractivity contribution in [3.8, 4) is 0 Å². The molecule has 17 heavy (non-hydrogen) atoms. The summed E-state index contributed by atoms with van der Waals surface area (Å²) in [6.45, 7) is 4.37. The SMILES string of the molecule is CNCC/C=C(/C)c1c(Cl)cnn1CCOC. The van der Waals surface area contributed by atoms with Crippen molar-refractivity contribution in [3.63, 3.8) is 0 Å². The summed E-state index contributed by atoms with van der Waals surface area (Å²) < 4.78 is 6.94. The van der Waals surface area contributed by atoms with E-state index >= 15 is 0 Å². The van der Waals surface area contributed by atoms with E-state index in [9.17, 15) is 0 Å². The lowest BCUT2D eigenvalue weighted by atomic mass is 10.2. The zero-order valence-corrected chi connectivity index (χ0v) is 11.4. The van der Waals surface area contributed by atoms with Gasteiger partial charge in [-0.15, -0.1) is 0 Å². The molecule has 0 unspecified atom stereocenters. The number of hydrogen-bond acceptors (Lipinski definition) is 3. The third-order valence-electron chi connectivity index (χ3n) is 2.52. The van der Waals surface area contributed by atoms with E-state index in [1.54, 1.807) is 13.3 Å². The number of halogens is 1. The third-order valence-corrected chi connectivity index (χ3v) is 2.80. The molecule has 0 saturated carbocycles. The second kappa shape index (κ2) is 7.48. The second-order valence-corrected chi connectivity index (χ2v) is 4.24. The van der Waals surface area contributed by atoms with E-state index in [1.165, 1.54) is 0 Å². The Labute approximate surface area is 108 Å². The highest BCUT2D eigenvalue weighted by Crippen LogP contribution is 2.23. The van der Waals surface area contributed by atoms with Crippen LogP contribution in [0.15, 0.2) is 12.3 Å². The Morgan fingerprint density at radius 3 is 3.06 bits per heavy atom. The first-order valence-electron chi connectivity index (χ1n) is 5.72. The summed E-state index contributed by atoms with van der Waals surface area (Å²) in [6, 6.07) is 0. The van der Waals surface area contributed by atoms with Crippen LogP contribution >= 0.6 is 11.6 Å². The molecule has 0 fully saturated rings. The van der Waals surface area contributed by atoms with Gasteiger partial charge in [0.15, 0.2) is 0 Å². The Morgan fingerprint density at radius 2 is 2.41 bits per heavy atom. The zero-order chi connectivity index (χ0) is 12.7. The van der Waals surface area contributed by atoms with E-state index in [1.807, 2.05) is 11.7 Å². The van der Waals surface area contributed by atoms with Crippen molar-refractivity contribution in [2.45, 2.75) is 19.9 Å². The molecule has 1 rings (SSSR count). The van der Waals surface area contributed by atoms with Crippen molar-refractivity contribution in [1.29, 1.82) is 0 Å². The van der Waals surface area contributed by atoms with E-state index in [0.717, 1.165) is 30.8 Å². The molecule has 1 aromatic rings. The largest absolute Gasteiger partial charge is 0.383 e.